The molecule has 0 radical (unpaired) electrons. The Bertz CT molecular complexity index is 396. The van der Waals surface area contributed by atoms with Gasteiger partial charge in [-0.15, -0.1) is 0 Å². The molecule has 0 aromatic carbocycles. The Hall–Kier alpha value is -1.56. The molecule has 0 atom stereocenters. The van der Waals surface area contributed by atoms with Gasteiger partial charge in [0, 0.05) is 26.3 Å². The molecule has 1 rings (SSSR count). The molecule has 0 unspecified atom stereocenters. The van der Waals surface area contributed by atoms with Gasteiger partial charge in [-0.3, -0.25) is 0 Å². The first-order valence-corrected chi connectivity index (χ1v) is 7.20. The Morgan fingerprint density at radius 3 is 2.70 bits per heavy atom. The number of guanidine groups is 1. The van der Waals surface area contributed by atoms with E-state index in [0.717, 1.165) is 50.1 Å². The van der Waals surface area contributed by atoms with Gasteiger partial charge >= 0.3 is 0 Å². The van der Waals surface area contributed by atoms with Crippen LogP contribution in [0, 0.1) is 13.8 Å². The summed E-state index contributed by atoms with van der Waals surface area (Å²) in [7, 11) is 0. The van der Waals surface area contributed by atoms with Crippen molar-refractivity contribution in [3.8, 4) is 0 Å². The Morgan fingerprint density at radius 2 is 2.10 bits per heavy atom. The van der Waals surface area contributed by atoms with E-state index >= 15 is 0 Å². The second-order valence-corrected chi connectivity index (χ2v) is 4.42. The topological polar surface area (TPSA) is 71.7 Å². The number of rotatable bonds is 8. The van der Waals surface area contributed by atoms with E-state index < -0.39 is 0 Å². The zero-order valence-corrected chi connectivity index (χ0v) is 13.0. The first kappa shape index (κ1) is 16.5. The summed E-state index contributed by atoms with van der Waals surface area (Å²) in [6.07, 6.45) is 0.954. The molecule has 1 heterocycles. The highest BCUT2D eigenvalue weighted by Crippen LogP contribution is 2.08. The molecule has 0 amide bonds. The smallest absolute Gasteiger partial charge is 0.216 e. The molecular weight excluding hydrogens is 256 g/mol. The van der Waals surface area contributed by atoms with Crippen molar-refractivity contribution in [3.63, 3.8) is 0 Å². The predicted molar refractivity (Wildman–Crippen MR) is 79.9 cm³/mol. The van der Waals surface area contributed by atoms with Crippen LogP contribution in [0.3, 0.4) is 0 Å². The van der Waals surface area contributed by atoms with Crippen LogP contribution in [0.25, 0.3) is 0 Å². The van der Waals surface area contributed by atoms with E-state index in [9.17, 15) is 0 Å². The van der Waals surface area contributed by atoms with E-state index in [-0.39, 0.29) is 0 Å². The first-order valence-electron chi connectivity index (χ1n) is 7.20. The van der Waals surface area contributed by atoms with Gasteiger partial charge in [-0.05, 0) is 34.1 Å². The standard InChI is InChI=1S/C14H26N4O2/c1-5-15-14(16-8-7-9-19-6-2)17-10-13-18-11(3)12(4)20-13/h5-10H2,1-4H3,(H2,15,16,17). The number of hydrogen-bond donors (Lipinski definition) is 2. The maximum atomic E-state index is 5.51. The first-order chi connectivity index (χ1) is 9.67. The molecular formula is C14H26N4O2. The Morgan fingerprint density at radius 1 is 1.30 bits per heavy atom. The summed E-state index contributed by atoms with van der Waals surface area (Å²) in [5.74, 6) is 2.27. The summed E-state index contributed by atoms with van der Waals surface area (Å²) in [6, 6.07) is 0. The minimum atomic E-state index is 0.440. The number of nitrogens with zero attached hydrogens (tertiary/aromatic N) is 2. The number of aryl methyl sites for hydroxylation is 2. The van der Waals surface area contributed by atoms with Crippen molar-refractivity contribution < 1.29 is 9.15 Å². The van der Waals surface area contributed by atoms with Gasteiger partial charge in [0.1, 0.15) is 12.3 Å². The SMILES string of the molecule is CCNC(=NCc1nc(C)c(C)o1)NCCCOCC. The molecule has 2 N–H and O–H groups in total. The van der Waals surface area contributed by atoms with Crippen molar-refractivity contribution in [2.45, 2.75) is 40.7 Å². The number of oxazole rings is 1. The zero-order valence-electron chi connectivity index (χ0n) is 13.0. The quantitative estimate of drug-likeness (QED) is 0.432. The minimum absolute atomic E-state index is 0.440. The number of aromatic nitrogens is 1. The van der Waals surface area contributed by atoms with Gasteiger partial charge in [0.25, 0.3) is 0 Å². The van der Waals surface area contributed by atoms with Gasteiger partial charge in [-0.1, -0.05) is 0 Å². The van der Waals surface area contributed by atoms with Crippen molar-refractivity contribution in [2.75, 3.05) is 26.3 Å². The number of aliphatic imine (C=N–C) groups is 1. The fourth-order valence-corrected chi connectivity index (χ4v) is 1.62. The van der Waals surface area contributed by atoms with Crippen molar-refractivity contribution in [3.05, 3.63) is 17.3 Å². The molecule has 0 saturated carbocycles. The summed E-state index contributed by atoms with van der Waals surface area (Å²) in [5, 5.41) is 6.45. The summed E-state index contributed by atoms with van der Waals surface area (Å²) in [6.45, 7) is 11.5. The van der Waals surface area contributed by atoms with E-state index in [1.807, 2.05) is 27.7 Å². The average Bonchev–Trinajstić information content (AvgIpc) is 2.75. The van der Waals surface area contributed by atoms with Crippen LogP contribution in [0.5, 0.6) is 0 Å². The molecule has 114 valence electrons. The maximum Gasteiger partial charge on any atom is 0.216 e. The fraction of sp³-hybridized carbons (Fsp3) is 0.714. The van der Waals surface area contributed by atoms with E-state index in [4.69, 9.17) is 9.15 Å². The largest absolute Gasteiger partial charge is 0.444 e. The van der Waals surface area contributed by atoms with Gasteiger partial charge in [-0.2, -0.15) is 0 Å². The van der Waals surface area contributed by atoms with Crippen LogP contribution in [-0.2, 0) is 11.3 Å². The van der Waals surface area contributed by atoms with Crippen molar-refractivity contribution in [1.82, 2.24) is 15.6 Å². The highest BCUT2D eigenvalue weighted by molar-refractivity contribution is 5.79. The van der Waals surface area contributed by atoms with Crippen LogP contribution in [0.1, 0.15) is 37.6 Å². The van der Waals surface area contributed by atoms with Crippen molar-refractivity contribution >= 4 is 5.96 Å². The summed E-state index contributed by atoms with van der Waals surface area (Å²) >= 11 is 0. The monoisotopic (exact) mass is 282 g/mol. The lowest BCUT2D eigenvalue weighted by atomic mass is 10.4. The van der Waals surface area contributed by atoms with Gasteiger partial charge in [0.2, 0.25) is 5.89 Å². The molecule has 0 spiro atoms. The van der Waals surface area contributed by atoms with Crippen molar-refractivity contribution in [2.24, 2.45) is 4.99 Å². The van der Waals surface area contributed by atoms with E-state index in [2.05, 4.69) is 20.6 Å². The molecule has 0 aliphatic heterocycles. The fourth-order valence-electron chi connectivity index (χ4n) is 1.62. The van der Waals surface area contributed by atoms with Gasteiger partial charge in [0.15, 0.2) is 5.96 Å². The highest BCUT2D eigenvalue weighted by Gasteiger charge is 2.05. The lowest BCUT2D eigenvalue weighted by Crippen LogP contribution is -2.38. The van der Waals surface area contributed by atoms with Crippen LogP contribution < -0.4 is 10.6 Å². The molecule has 1 aromatic rings. The van der Waals surface area contributed by atoms with Crippen LogP contribution in [0.15, 0.2) is 9.41 Å². The Balaban J connectivity index is 2.41. The molecule has 6 heteroatoms. The third kappa shape index (κ3) is 6.06. The maximum absolute atomic E-state index is 5.51. The summed E-state index contributed by atoms with van der Waals surface area (Å²) < 4.78 is 10.8. The summed E-state index contributed by atoms with van der Waals surface area (Å²) in [5.41, 5.74) is 0.921. The van der Waals surface area contributed by atoms with Crippen molar-refractivity contribution in [1.29, 1.82) is 0 Å². The third-order valence-electron chi connectivity index (χ3n) is 2.75. The number of ether oxygens (including phenoxy) is 1. The molecule has 0 saturated heterocycles. The van der Waals surface area contributed by atoms with E-state index in [1.165, 1.54) is 0 Å². The van der Waals surface area contributed by atoms with Gasteiger partial charge < -0.3 is 19.8 Å². The molecule has 0 fully saturated rings. The normalized spacial score (nSPS) is 11.7. The number of hydrogen-bond acceptors (Lipinski definition) is 4. The zero-order chi connectivity index (χ0) is 14.8. The van der Waals surface area contributed by atoms with E-state index in [1.54, 1.807) is 0 Å². The molecule has 20 heavy (non-hydrogen) atoms. The van der Waals surface area contributed by atoms with Gasteiger partial charge in [0.05, 0.1) is 5.69 Å². The molecule has 0 aliphatic rings. The molecule has 1 aromatic heterocycles. The highest BCUT2D eigenvalue weighted by atomic mass is 16.5. The lowest BCUT2D eigenvalue weighted by Gasteiger charge is -2.10. The number of nitrogens with one attached hydrogen (secondary N) is 2. The average molecular weight is 282 g/mol. The molecule has 6 nitrogen and oxygen atoms in total. The predicted octanol–water partition coefficient (Wildman–Crippen LogP) is 1.77. The van der Waals surface area contributed by atoms with Crippen LogP contribution in [-0.4, -0.2) is 37.2 Å². The lowest BCUT2D eigenvalue weighted by molar-refractivity contribution is 0.145. The van der Waals surface area contributed by atoms with Crippen LogP contribution >= 0.6 is 0 Å². The summed E-state index contributed by atoms with van der Waals surface area (Å²) in [4.78, 5) is 8.77. The van der Waals surface area contributed by atoms with Crippen LogP contribution in [0.2, 0.25) is 0 Å². The van der Waals surface area contributed by atoms with E-state index in [0.29, 0.717) is 12.4 Å². The second kappa shape index (κ2) is 9.36. The van der Waals surface area contributed by atoms with Crippen LogP contribution in [0.4, 0.5) is 0 Å². The molecule has 0 bridgehead atoms. The third-order valence-corrected chi connectivity index (χ3v) is 2.75. The Labute approximate surface area is 121 Å². The Kier molecular flexibility index (Phi) is 7.72. The molecule has 0 aliphatic carbocycles. The van der Waals surface area contributed by atoms with Gasteiger partial charge in [-0.25, -0.2) is 9.98 Å². The minimum Gasteiger partial charge on any atom is -0.444 e. The second-order valence-electron chi connectivity index (χ2n) is 4.42.